The summed E-state index contributed by atoms with van der Waals surface area (Å²) in [4.78, 5) is 0. The monoisotopic (exact) mass is 294 g/mol. The zero-order chi connectivity index (χ0) is 0. The predicted octanol–water partition coefficient (Wildman–Crippen LogP) is -1.19. The molecule has 0 aliphatic rings. The van der Waals surface area contributed by atoms with Crippen molar-refractivity contribution in [3.8, 4) is 0 Å². The van der Waals surface area contributed by atoms with Gasteiger partial charge in [0, 0.05) is 73.3 Å². The molecule has 0 rings (SSSR count). The molecule has 0 heterocycles. The quantitative estimate of drug-likeness (QED) is 0.493. The zero-order valence-electron chi connectivity index (χ0n) is 2.51. The Morgan fingerprint density at radius 1 is 1.00 bits per heavy atom. The first-order valence-electron chi connectivity index (χ1n) is 0. The van der Waals surface area contributed by atoms with Gasteiger partial charge in [-0.05, 0) is 11.0 Å². The molecule has 0 saturated heterocycles. The average Bonchev–Trinajstić information content (AvgIpc) is 0. The van der Waals surface area contributed by atoms with Crippen LogP contribution in [0.2, 0.25) is 0 Å². The molecule has 0 spiro atoms. The molecule has 0 aromatic carbocycles. The summed E-state index contributed by atoms with van der Waals surface area (Å²) in [5.41, 5.74) is 0. The Morgan fingerprint density at radius 3 is 1.00 bits per heavy atom. The third-order valence-corrected chi connectivity index (χ3v) is 0. The molecule has 0 aliphatic heterocycles. The van der Waals surface area contributed by atoms with Crippen molar-refractivity contribution in [2.45, 2.75) is 0 Å². The van der Waals surface area contributed by atoms with Crippen molar-refractivity contribution >= 4 is 11.0 Å². The van der Waals surface area contributed by atoms with Crippen LogP contribution in [0.5, 0.6) is 0 Å². The van der Waals surface area contributed by atoms with Crippen LogP contribution >= 0.6 is 0 Å². The molecule has 0 aromatic heterocycles. The third-order valence-electron chi connectivity index (χ3n) is 0. The van der Waals surface area contributed by atoms with E-state index < -0.39 is 0 Å². The third kappa shape index (κ3) is 21.0. The fraction of sp³-hybridized carbons (Fsp3) is 0. The Balaban J connectivity index is 0. The second-order valence-corrected chi connectivity index (χ2v) is 0. The fourth-order valence-electron chi connectivity index (χ4n) is 0. The molecule has 0 unspecified atom stereocenters. The normalized spacial score (nSPS) is 0. The van der Waals surface area contributed by atoms with Gasteiger partial charge in [-0.3, -0.25) is 0 Å². The van der Waals surface area contributed by atoms with Crippen LogP contribution < -0.4 is 0 Å². The summed E-state index contributed by atoms with van der Waals surface area (Å²) in [6, 6.07) is 0. The summed E-state index contributed by atoms with van der Waals surface area (Å²) in [7, 11) is 0. The summed E-state index contributed by atoms with van der Waals surface area (Å²) in [6.07, 6.45) is 0. The smallest absolute Gasteiger partial charge is 0 e. The molecule has 0 N–H and O–H groups in total. The van der Waals surface area contributed by atoms with E-state index in [4.69, 9.17) is 0 Å². The van der Waals surface area contributed by atoms with Crippen molar-refractivity contribution in [3.63, 3.8) is 0 Å². The molecular weight excluding hydrogens is 291 g/mol. The van der Waals surface area contributed by atoms with Gasteiger partial charge in [0.2, 0.25) is 0 Å². The largest absolute Gasteiger partial charge is 0.0125 e. The van der Waals surface area contributed by atoms with E-state index in [-0.39, 0.29) is 84.3 Å². The van der Waals surface area contributed by atoms with Gasteiger partial charge in [0.25, 0.3) is 0 Å². The minimum Gasteiger partial charge on any atom is -0.0125 e. The van der Waals surface area contributed by atoms with Gasteiger partial charge in [-0.15, -0.1) is 0 Å². The van der Waals surface area contributed by atoms with Gasteiger partial charge in [0.05, 0.1) is 0 Å². The van der Waals surface area contributed by atoms with Crippen molar-refractivity contribution in [1.29, 1.82) is 0 Å². The first kappa shape index (κ1) is 50.7. The predicted molar refractivity (Wildman–Crippen MR) is 9.94 cm³/mol. The van der Waals surface area contributed by atoms with Crippen LogP contribution in [-0.4, -0.2) is 11.0 Å². The van der Waals surface area contributed by atoms with Crippen molar-refractivity contribution in [2.24, 2.45) is 0 Å². The molecule has 5 heavy (non-hydrogen) atoms. The SMILES string of the molecule is [Co].[Fe].[Mn].[Nb].[SiH3]. The second kappa shape index (κ2) is 31.4. The molecule has 4 radical (unpaired) electrons. The van der Waals surface area contributed by atoms with Crippen molar-refractivity contribution in [3.05, 3.63) is 0 Å². The van der Waals surface area contributed by atoms with Crippen molar-refractivity contribution in [1.82, 2.24) is 0 Å². The molecule has 0 nitrogen and oxygen atoms in total. The van der Waals surface area contributed by atoms with E-state index in [9.17, 15) is 0 Å². The van der Waals surface area contributed by atoms with Crippen LogP contribution in [0.1, 0.15) is 0 Å². The maximum atomic E-state index is 0. The van der Waals surface area contributed by atoms with Crippen LogP contribution in [0, 0.1) is 0 Å². The van der Waals surface area contributed by atoms with Gasteiger partial charge in [0.1, 0.15) is 0 Å². The summed E-state index contributed by atoms with van der Waals surface area (Å²) in [5.74, 6) is 0. The summed E-state index contributed by atoms with van der Waals surface area (Å²) >= 11 is 0. The molecule has 0 atom stereocenters. The Bertz CT molecular complexity index is 11.6. The maximum Gasteiger partial charge on any atom is 0 e. The average molecular weight is 294 g/mol. The van der Waals surface area contributed by atoms with E-state index in [1.165, 1.54) is 0 Å². The number of rotatable bonds is 0. The molecule has 36 valence electrons. The number of hydrogen-bond acceptors (Lipinski definition) is 0. The van der Waals surface area contributed by atoms with E-state index in [0.717, 1.165) is 0 Å². The molecule has 0 saturated carbocycles. The van der Waals surface area contributed by atoms with Gasteiger partial charge >= 0.3 is 0 Å². The van der Waals surface area contributed by atoms with Crippen LogP contribution in [0.3, 0.4) is 0 Å². The van der Waals surface area contributed by atoms with Crippen molar-refractivity contribution < 1.29 is 73.3 Å². The molecule has 5 heteroatoms. The van der Waals surface area contributed by atoms with Gasteiger partial charge in [-0.1, -0.05) is 0 Å². The fourth-order valence-corrected chi connectivity index (χ4v) is 0. The first-order chi connectivity index (χ1) is 0. The zero-order valence-corrected chi connectivity index (χ0v) is 10.0. The summed E-state index contributed by atoms with van der Waals surface area (Å²) in [6.45, 7) is 0. The molecule has 0 aromatic rings. The van der Waals surface area contributed by atoms with E-state index in [1.54, 1.807) is 0 Å². The topological polar surface area (TPSA) is 0 Å². The van der Waals surface area contributed by atoms with Gasteiger partial charge in [0.15, 0.2) is 0 Å². The van der Waals surface area contributed by atoms with Crippen molar-refractivity contribution in [2.75, 3.05) is 0 Å². The van der Waals surface area contributed by atoms with Gasteiger partial charge in [-0.2, -0.15) is 0 Å². The first-order valence-corrected chi connectivity index (χ1v) is 0. The Labute approximate surface area is 83.3 Å². The summed E-state index contributed by atoms with van der Waals surface area (Å²) in [5, 5.41) is 0. The van der Waals surface area contributed by atoms with Gasteiger partial charge in [-0.25, -0.2) is 0 Å². The molecule has 0 amide bonds. The van der Waals surface area contributed by atoms with E-state index >= 15 is 0 Å². The summed E-state index contributed by atoms with van der Waals surface area (Å²) < 4.78 is 0. The number of hydrogen-bond donors (Lipinski definition) is 0. The molecule has 0 bridgehead atoms. The molecular formula is H3CoFeMnNbSi. The van der Waals surface area contributed by atoms with Gasteiger partial charge < -0.3 is 0 Å². The minimum atomic E-state index is 0. The van der Waals surface area contributed by atoms with E-state index in [2.05, 4.69) is 0 Å². The van der Waals surface area contributed by atoms with E-state index in [1.807, 2.05) is 0 Å². The second-order valence-electron chi connectivity index (χ2n) is 0. The van der Waals surface area contributed by atoms with E-state index in [0.29, 0.717) is 0 Å². The van der Waals surface area contributed by atoms with Crippen LogP contribution in [0.4, 0.5) is 0 Å². The van der Waals surface area contributed by atoms with Crippen LogP contribution in [0.25, 0.3) is 0 Å². The Kier molecular flexibility index (Phi) is 318. The minimum absolute atomic E-state index is 0. The van der Waals surface area contributed by atoms with Crippen LogP contribution in [-0.2, 0) is 73.3 Å². The standard InChI is InChI=1S/Co.Fe.Mn.Nb.H3Si/h;;;;1H3. The Hall–Kier alpha value is 2.50. The maximum absolute atomic E-state index is 0. The molecule has 0 aliphatic carbocycles. The Morgan fingerprint density at radius 2 is 1.00 bits per heavy atom. The molecule has 0 fully saturated rings. The van der Waals surface area contributed by atoms with Crippen LogP contribution in [0.15, 0.2) is 0 Å².